The van der Waals surface area contributed by atoms with Crippen molar-refractivity contribution in [2.45, 2.75) is 19.0 Å². The molecular weight excluding hydrogens is 220 g/mol. The van der Waals surface area contributed by atoms with E-state index in [1.165, 1.54) is 17.3 Å². The smallest absolute Gasteiger partial charge is 0.248 e. The number of nitriles is 1. The van der Waals surface area contributed by atoms with Crippen LogP contribution in [0.25, 0.3) is 0 Å². The summed E-state index contributed by atoms with van der Waals surface area (Å²) >= 11 is 0. The fourth-order valence-electron chi connectivity index (χ4n) is 1.85. The third kappa shape index (κ3) is 2.26. The molecule has 2 atom stereocenters. The number of amides is 1. The van der Waals surface area contributed by atoms with E-state index in [2.05, 4.69) is 21.5 Å². The zero-order valence-electron chi connectivity index (χ0n) is 9.58. The van der Waals surface area contributed by atoms with Crippen LogP contribution in [0.4, 0.5) is 0 Å². The van der Waals surface area contributed by atoms with Gasteiger partial charge >= 0.3 is 0 Å². The lowest BCUT2D eigenvalue weighted by Gasteiger charge is -2.33. The van der Waals surface area contributed by atoms with E-state index in [-0.39, 0.29) is 5.91 Å². The first kappa shape index (κ1) is 11.5. The maximum Gasteiger partial charge on any atom is 0.248 e. The van der Waals surface area contributed by atoms with E-state index in [1.807, 2.05) is 0 Å². The van der Waals surface area contributed by atoms with E-state index in [9.17, 15) is 4.79 Å². The second-order valence-corrected chi connectivity index (χ2v) is 3.93. The van der Waals surface area contributed by atoms with Gasteiger partial charge in [-0.2, -0.15) is 10.4 Å². The Bertz CT molecular complexity index is 423. The predicted octanol–water partition coefficient (Wildman–Crippen LogP) is -0.837. The average Bonchev–Trinajstić information content (AvgIpc) is 2.90. The van der Waals surface area contributed by atoms with Crippen LogP contribution in [0.1, 0.15) is 13.0 Å². The van der Waals surface area contributed by atoms with E-state index in [1.54, 1.807) is 11.8 Å². The molecule has 2 unspecified atom stereocenters. The van der Waals surface area contributed by atoms with Crippen molar-refractivity contribution in [3.63, 3.8) is 0 Å². The summed E-state index contributed by atoms with van der Waals surface area (Å²) in [5, 5.41) is 16.0. The summed E-state index contributed by atoms with van der Waals surface area (Å²) in [5.74, 6) is -0.0939. The summed E-state index contributed by atoms with van der Waals surface area (Å²) in [6.07, 6.45) is 2.90. The van der Waals surface area contributed by atoms with Crippen LogP contribution in [0.2, 0.25) is 0 Å². The monoisotopic (exact) mass is 234 g/mol. The Morgan fingerprint density at radius 2 is 2.53 bits per heavy atom. The second-order valence-electron chi connectivity index (χ2n) is 3.93. The van der Waals surface area contributed by atoms with Gasteiger partial charge in [-0.25, -0.2) is 9.67 Å². The van der Waals surface area contributed by atoms with Gasteiger partial charge in [-0.05, 0) is 6.92 Å². The van der Waals surface area contributed by atoms with Crippen LogP contribution in [0, 0.1) is 11.3 Å². The quantitative estimate of drug-likeness (QED) is 0.721. The maximum atomic E-state index is 12.2. The molecule has 2 heterocycles. The Morgan fingerprint density at radius 3 is 3.18 bits per heavy atom. The minimum absolute atomic E-state index is 0.0939. The molecule has 0 aliphatic carbocycles. The zero-order chi connectivity index (χ0) is 12.3. The third-order valence-corrected chi connectivity index (χ3v) is 2.87. The van der Waals surface area contributed by atoms with Gasteiger partial charge in [0.2, 0.25) is 5.91 Å². The summed E-state index contributed by atoms with van der Waals surface area (Å²) in [6, 6.07) is 1.31. The first-order valence-corrected chi connectivity index (χ1v) is 5.49. The summed E-state index contributed by atoms with van der Waals surface area (Å²) in [7, 11) is 0. The molecule has 1 aliphatic rings. The second kappa shape index (κ2) is 4.93. The summed E-state index contributed by atoms with van der Waals surface area (Å²) in [5.41, 5.74) is 0. The van der Waals surface area contributed by atoms with Gasteiger partial charge in [0.05, 0.1) is 6.07 Å². The molecule has 7 nitrogen and oxygen atoms in total. The third-order valence-electron chi connectivity index (χ3n) is 2.87. The molecular formula is C10H14N6O. The van der Waals surface area contributed by atoms with E-state index in [0.29, 0.717) is 19.6 Å². The van der Waals surface area contributed by atoms with Gasteiger partial charge in [0.15, 0.2) is 0 Å². The molecule has 0 aromatic carbocycles. The van der Waals surface area contributed by atoms with Gasteiger partial charge in [0, 0.05) is 19.6 Å². The van der Waals surface area contributed by atoms with Crippen LogP contribution in [0.3, 0.4) is 0 Å². The molecule has 1 aliphatic heterocycles. The lowest BCUT2D eigenvalue weighted by Crippen LogP contribution is -2.54. The highest BCUT2D eigenvalue weighted by Gasteiger charge is 2.30. The molecule has 7 heteroatoms. The van der Waals surface area contributed by atoms with Crippen LogP contribution in [0.15, 0.2) is 12.7 Å². The van der Waals surface area contributed by atoms with Crippen molar-refractivity contribution in [3.8, 4) is 6.07 Å². The molecule has 17 heavy (non-hydrogen) atoms. The Morgan fingerprint density at radius 1 is 1.71 bits per heavy atom. The number of rotatable bonds is 2. The molecule has 0 bridgehead atoms. The van der Waals surface area contributed by atoms with Crippen molar-refractivity contribution in [2.75, 3.05) is 19.6 Å². The Labute approximate surface area is 99.0 Å². The van der Waals surface area contributed by atoms with E-state index in [0.717, 1.165) is 0 Å². The van der Waals surface area contributed by atoms with Crippen molar-refractivity contribution in [3.05, 3.63) is 12.7 Å². The van der Waals surface area contributed by atoms with Crippen molar-refractivity contribution in [2.24, 2.45) is 0 Å². The molecule has 1 aromatic rings. The number of hydrogen-bond acceptors (Lipinski definition) is 5. The molecule has 0 spiro atoms. The Hall–Kier alpha value is -1.94. The van der Waals surface area contributed by atoms with Crippen LogP contribution < -0.4 is 5.32 Å². The molecule has 1 N–H and O–H groups in total. The van der Waals surface area contributed by atoms with Crippen molar-refractivity contribution in [1.82, 2.24) is 25.0 Å². The highest BCUT2D eigenvalue weighted by Crippen LogP contribution is 2.12. The topological polar surface area (TPSA) is 86.8 Å². The van der Waals surface area contributed by atoms with E-state index < -0.39 is 12.1 Å². The minimum atomic E-state index is -0.425. The fraction of sp³-hybridized carbons (Fsp3) is 0.600. The van der Waals surface area contributed by atoms with Gasteiger partial charge in [0.25, 0.3) is 0 Å². The van der Waals surface area contributed by atoms with Gasteiger partial charge in [-0.3, -0.25) is 4.79 Å². The number of piperazine rings is 1. The average molecular weight is 234 g/mol. The maximum absolute atomic E-state index is 12.2. The van der Waals surface area contributed by atoms with Gasteiger partial charge in [-0.15, -0.1) is 0 Å². The first-order valence-electron chi connectivity index (χ1n) is 5.49. The molecule has 1 aromatic heterocycles. The predicted molar refractivity (Wildman–Crippen MR) is 58.7 cm³/mol. The zero-order valence-corrected chi connectivity index (χ0v) is 9.58. The lowest BCUT2D eigenvalue weighted by atomic mass is 10.1. The van der Waals surface area contributed by atoms with Gasteiger partial charge in [-0.1, -0.05) is 0 Å². The van der Waals surface area contributed by atoms with Gasteiger partial charge in [0.1, 0.15) is 24.7 Å². The number of hydrogen-bond donors (Lipinski definition) is 1. The number of nitrogens with zero attached hydrogens (tertiary/aromatic N) is 5. The SMILES string of the molecule is CC(C(=O)N1CCNCC1C#N)n1cncn1. The number of nitrogens with one attached hydrogen (secondary N) is 1. The van der Waals surface area contributed by atoms with Gasteiger partial charge < -0.3 is 10.2 Å². The lowest BCUT2D eigenvalue weighted by molar-refractivity contribution is -0.136. The normalized spacial score (nSPS) is 21.9. The fourth-order valence-corrected chi connectivity index (χ4v) is 1.85. The highest BCUT2D eigenvalue weighted by atomic mass is 16.2. The summed E-state index contributed by atoms with van der Waals surface area (Å²) in [4.78, 5) is 17.6. The molecule has 0 saturated carbocycles. The van der Waals surface area contributed by atoms with E-state index in [4.69, 9.17) is 5.26 Å². The molecule has 0 radical (unpaired) electrons. The first-order chi connectivity index (χ1) is 8.24. The summed E-state index contributed by atoms with van der Waals surface area (Å²) in [6.45, 7) is 3.55. The molecule has 90 valence electrons. The van der Waals surface area contributed by atoms with E-state index >= 15 is 0 Å². The van der Waals surface area contributed by atoms with Crippen LogP contribution in [-0.2, 0) is 4.79 Å². The molecule has 2 rings (SSSR count). The summed E-state index contributed by atoms with van der Waals surface area (Å²) < 4.78 is 1.50. The number of aromatic nitrogens is 3. The van der Waals surface area contributed by atoms with Crippen LogP contribution in [-0.4, -0.2) is 51.2 Å². The van der Waals surface area contributed by atoms with Crippen molar-refractivity contribution >= 4 is 5.91 Å². The number of carbonyl (C=O) groups is 1. The Balaban J connectivity index is 2.11. The minimum Gasteiger partial charge on any atom is -0.322 e. The molecule has 1 fully saturated rings. The largest absolute Gasteiger partial charge is 0.322 e. The van der Waals surface area contributed by atoms with Crippen LogP contribution >= 0.6 is 0 Å². The molecule has 1 amide bonds. The number of carbonyl (C=O) groups excluding carboxylic acids is 1. The standard InChI is InChI=1S/C10H14N6O/c1-8(16-7-13-6-14-16)10(17)15-3-2-12-5-9(15)4-11/h6-9,12H,2-3,5H2,1H3. The van der Waals surface area contributed by atoms with Crippen LogP contribution in [0.5, 0.6) is 0 Å². The van der Waals surface area contributed by atoms with Crippen molar-refractivity contribution < 1.29 is 4.79 Å². The van der Waals surface area contributed by atoms with Crippen molar-refractivity contribution in [1.29, 1.82) is 5.26 Å². The highest BCUT2D eigenvalue weighted by molar-refractivity contribution is 5.80. The Kier molecular flexibility index (Phi) is 3.35. The molecule has 1 saturated heterocycles.